The Labute approximate surface area is 142 Å². The number of ether oxygens (including phenoxy) is 1. The summed E-state index contributed by atoms with van der Waals surface area (Å²) in [7, 11) is 3.41. The van der Waals surface area contributed by atoms with Gasteiger partial charge in [-0.25, -0.2) is 0 Å². The number of amides is 1. The van der Waals surface area contributed by atoms with E-state index >= 15 is 0 Å². The average molecular weight is 330 g/mol. The van der Waals surface area contributed by atoms with Crippen molar-refractivity contribution in [1.82, 2.24) is 4.90 Å². The molecule has 23 heavy (non-hydrogen) atoms. The Kier molecular flexibility index (Phi) is 5.83. The average Bonchev–Trinajstić information content (AvgIpc) is 2.56. The van der Waals surface area contributed by atoms with Crippen LogP contribution in [0.3, 0.4) is 0 Å². The van der Waals surface area contributed by atoms with Gasteiger partial charge < -0.3 is 9.64 Å². The fraction of sp³-hybridized carbons (Fsp3) is 0.211. The third kappa shape index (κ3) is 4.86. The predicted octanol–water partition coefficient (Wildman–Crippen LogP) is 4.33. The molecule has 2 aromatic rings. The topological polar surface area (TPSA) is 29.5 Å². The normalized spacial score (nSPS) is 10.8. The minimum absolute atomic E-state index is 0.0579. The lowest BCUT2D eigenvalue weighted by Gasteiger charge is -2.15. The van der Waals surface area contributed by atoms with Crippen molar-refractivity contribution in [1.29, 1.82) is 0 Å². The maximum absolute atomic E-state index is 12.2. The quantitative estimate of drug-likeness (QED) is 0.764. The molecule has 0 atom stereocenters. The SMILES string of the molecule is COc1ccc(CN(C)C(=O)/C=C/c2ccc(C)c(Cl)c2)cc1. The molecule has 0 aliphatic carbocycles. The fourth-order valence-electron chi connectivity index (χ4n) is 2.09. The van der Waals surface area contributed by atoms with Gasteiger partial charge in [0.25, 0.3) is 0 Å². The van der Waals surface area contributed by atoms with Crippen molar-refractivity contribution in [2.45, 2.75) is 13.5 Å². The molecule has 1 amide bonds. The zero-order valence-corrected chi connectivity index (χ0v) is 14.3. The van der Waals surface area contributed by atoms with Crippen LogP contribution in [0, 0.1) is 6.92 Å². The van der Waals surface area contributed by atoms with E-state index in [9.17, 15) is 4.79 Å². The first-order chi connectivity index (χ1) is 11.0. The molecule has 0 unspecified atom stereocenters. The lowest BCUT2D eigenvalue weighted by atomic mass is 10.1. The van der Waals surface area contributed by atoms with Crippen LogP contribution in [0.5, 0.6) is 5.75 Å². The molecule has 0 heterocycles. The van der Waals surface area contributed by atoms with Gasteiger partial charge in [0, 0.05) is 24.7 Å². The van der Waals surface area contributed by atoms with Gasteiger partial charge in [0.15, 0.2) is 0 Å². The smallest absolute Gasteiger partial charge is 0.246 e. The molecule has 0 aliphatic rings. The Balaban J connectivity index is 1.98. The van der Waals surface area contributed by atoms with Gasteiger partial charge in [-0.2, -0.15) is 0 Å². The summed E-state index contributed by atoms with van der Waals surface area (Å²) < 4.78 is 5.12. The minimum Gasteiger partial charge on any atom is -0.497 e. The molecule has 2 rings (SSSR count). The van der Waals surface area contributed by atoms with E-state index in [1.54, 1.807) is 31.2 Å². The summed E-state index contributed by atoms with van der Waals surface area (Å²) in [4.78, 5) is 13.8. The molecule has 0 fully saturated rings. The van der Waals surface area contributed by atoms with Crippen molar-refractivity contribution in [2.24, 2.45) is 0 Å². The van der Waals surface area contributed by atoms with E-state index in [4.69, 9.17) is 16.3 Å². The van der Waals surface area contributed by atoms with Crippen LogP contribution in [0.4, 0.5) is 0 Å². The number of likely N-dealkylation sites (N-methyl/N-ethyl adjacent to an activating group) is 1. The van der Waals surface area contributed by atoms with Crippen LogP contribution in [0.15, 0.2) is 48.5 Å². The first-order valence-corrected chi connectivity index (χ1v) is 7.69. The third-order valence-corrected chi connectivity index (χ3v) is 3.98. The van der Waals surface area contributed by atoms with Crippen LogP contribution in [-0.4, -0.2) is 25.0 Å². The molecule has 120 valence electrons. The second-order valence-electron chi connectivity index (χ2n) is 5.38. The van der Waals surface area contributed by atoms with E-state index in [0.717, 1.165) is 22.4 Å². The monoisotopic (exact) mass is 329 g/mol. The number of benzene rings is 2. The fourth-order valence-corrected chi connectivity index (χ4v) is 2.28. The lowest BCUT2D eigenvalue weighted by Crippen LogP contribution is -2.24. The molecule has 0 spiro atoms. The second-order valence-corrected chi connectivity index (χ2v) is 5.79. The number of halogens is 1. The van der Waals surface area contributed by atoms with Gasteiger partial charge in [0.1, 0.15) is 5.75 Å². The van der Waals surface area contributed by atoms with Crippen LogP contribution < -0.4 is 4.74 Å². The Bertz CT molecular complexity index is 708. The zero-order valence-electron chi connectivity index (χ0n) is 13.5. The molecular formula is C19H20ClNO2. The van der Waals surface area contributed by atoms with Crippen LogP contribution in [-0.2, 0) is 11.3 Å². The highest BCUT2D eigenvalue weighted by atomic mass is 35.5. The Morgan fingerprint density at radius 3 is 2.52 bits per heavy atom. The van der Waals surface area contributed by atoms with Crippen molar-refractivity contribution >= 4 is 23.6 Å². The second kappa shape index (κ2) is 7.84. The molecule has 0 N–H and O–H groups in total. The number of nitrogens with zero attached hydrogens (tertiary/aromatic N) is 1. The molecule has 0 saturated carbocycles. The molecule has 0 aromatic heterocycles. The maximum Gasteiger partial charge on any atom is 0.246 e. The Hall–Kier alpha value is -2.26. The molecule has 0 radical (unpaired) electrons. The lowest BCUT2D eigenvalue weighted by molar-refractivity contribution is -0.125. The first-order valence-electron chi connectivity index (χ1n) is 7.32. The predicted molar refractivity (Wildman–Crippen MR) is 94.7 cm³/mol. The van der Waals surface area contributed by atoms with Gasteiger partial charge in [0.05, 0.1) is 7.11 Å². The number of carbonyl (C=O) groups is 1. The van der Waals surface area contributed by atoms with Crippen molar-refractivity contribution in [3.63, 3.8) is 0 Å². The molecule has 0 aliphatic heterocycles. The highest BCUT2D eigenvalue weighted by Crippen LogP contribution is 2.18. The van der Waals surface area contributed by atoms with Gasteiger partial charge in [-0.15, -0.1) is 0 Å². The maximum atomic E-state index is 12.2. The number of hydrogen-bond acceptors (Lipinski definition) is 2. The highest BCUT2D eigenvalue weighted by Gasteiger charge is 2.06. The van der Waals surface area contributed by atoms with Crippen molar-refractivity contribution < 1.29 is 9.53 Å². The largest absolute Gasteiger partial charge is 0.497 e. The van der Waals surface area contributed by atoms with E-state index < -0.39 is 0 Å². The van der Waals surface area contributed by atoms with Crippen molar-refractivity contribution in [3.05, 3.63) is 70.3 Å². The summed E-state index contributed by atoms with van der Waals surface area (Å²) in [6.45, 7) is 2.49. The zero-order chi connectivity index (χ0) is 16.8. The van der Waals surface area contributed by atoms with Crippen molar-refractivity contribution in [3.8, 4) is 5.75 Å². The van der Waals surface area contributed by atoms with Gasteiger partial charge in [-0.3, -0.25) is 4.79 Å². The highest BCUT2D eigenvalue weighted by molar-refractivity contribution is 6.31. The molecule has 0 bridgehead atoms. The number of rotatable bonds is 5. The summed E-state index contributed by atoms with van der Waals surface area (Å²) in [5, 5.41) is 0.700. The van der Waals surface area contributed by atoms with E-state index in [1.807, 2.05) is 49.4 Å². The van der Waals surface area contributed by atoms with Gasteiger partial charge >= 0.3 is 0 Å². The first kappa shape index (κ1) is 17.1. The van der Waals surface area contributed by atoms with E-state index in [-0.39, 0.29) is 5.91 Å². The summed E-state index contributed by atoms with van der Waals surface area (Å²) in [5.41, 5.74) is 2.98. The van der Waals surface area contributed by atoms with Crippen LogP contribution in [0.25, 0.3) is 6.08 Å². The van der Waals surface area contributed by atoms with Crippen LogP contribution >= 0.6 is 11.6 Å². The Morgan fingerprint density at radius 1 is 1.22 bits per heavy atom. The van der Waals surface area contributed by atoms with Crippen LogP contribution in [0.1, 0.15) is 16.7 Å². The molecular weight excluding hydrogens is 310 g/mol. The van der Waals surface area contributed by atoms with E-state index in [1.165, 1.54) is 0 Å². The Morgan fingerprint density at radius 2 is 1.91 bits per heavy atom. The molecule has 0 saturated heterocycles. The third-order valence-electron chi connectivity index (χ3n) is 3.57. The molecule has 4 heteroatoms. The molecule has 3 nitrogen and oxygen atoms in total. The minimum atomic E-state index is -0.0579. The standard InChI is InChI=1S/C19H20ClNO2/c1-14-4-5-15(12-18(14)20)8-11-19(22)21(2)13-16-6-9-17(23-3)10-7-16/h4-12H,13H2,1-3H3/b11-8+. The number of aryl methyl sites for hydroxylation is 1. The number of methoxy groups -OCH3 is 1. The number of carbonyl (C=O) groups excluding carboxylic acids is 1. The molecule has 2 aromatic carbocycles. The van der Waals surface area contributed by atoms with Crippen LogP contribution in [0.2, 0.25) is 5.02 Å². The van der Waals surface area contributed by atoms with E-state index in [0.29, 0.717) is 11.6 Å². The van der Waals surface area contributed by atoms with Gasteiger partial charge in [-0.1, -0.05) is 35.9 Å². The summed E-state index contributed by atoms with van der Waals surface area (Å²) in [6, 6.07) is 13.4. The summed E-state index contributed by atoms with van der Waals surface area (Å²) in [5.74, 6) is 0.747. The summed E-state index contributed by atoms with van der Waals surface area (Å²) >= 11 is 6.08. The van der Waals surface area contributed by atoms with Crippen molar-refractivity contribution in [2.75, 3.05) is 14.2 Å². The van der Waals surface area contributed by atoms with E-state index in [2.05, 4.69) is 0 Å². The van der Waals surface area contributed by atoms with Gasteiger partial charge in [0.2, 0.25) is 5.91 Å². The number of hydrogen-bond donors (Lipinski definition) is 0. The summed E-state index contributed by atoms with van der Waals surface area (Å²) in [6.07, 6.45) is 3.34. The van der Waals surface area contributed by atoms with Gasteiger partial charge in [-0.05, 0) is 47.9 Å².